The second-order valence-corrected chi connectivity index (χ2v) is 5.90. The molecule has 5 nitrogen and oxygen atoms in total. The first-order chi connectivity index (χ1) is 9.95. The maximum atomic E-state index is 12.1. The number of nitrogens with two attached hydrogens (primary N) is 1. The molecular formula is C15H23N3O2S. The predicted octanol–water partition coefficient (Wildman–Crippen LogP) is 1.68. The van der Waals surface area contributed by atoms with E-state index in [-0.39, 0.29) is 11.8 Å². The molecule has 21 heavy (non-hydrogen) atoms. The smallest absolute Gasteiger partial charge is 0.241 e. The Morgan fingerprint density at radius 2 is 2.05 bits per heavy atom. The van der Waals surface area contributed by atoms with Crippen LogP contribution in [0.2, 0.25) is 0 Å². The number of nitrogens with zero attached hydrogens (tertiary/aromatic N) is 1. The largest absolute Gasteiger partial charge is 0.342 e. The van der Waals surface area contributed by atoms with Crippen LogP contribution in [0.15, 0.2) is 24.3 Å². The number of hydrogen-bond acceptors (Lipinski definition) is 4. The van der Waals surface area contributed by atoms with Gasteiger partial charge in [0.1, 0.15) is 0 Å². The van der Waals surface area contributed by atoms with Gasteiger partial charge < -0.3 is 16.0 Å². The zero-order valence-electron chi connectivity index (χ0n) is 12.8. The molecule has 0 bridgehead atoms. The summed E-state index contributed by atoms with van der Waals surface area (Å²) >= 11 is 1.66. The monoisotopic (exact) mass is 309 g/mol. The van der Waals surface area contributed by atoms with E-state index in [9.17, 15) is 9.59 Å². The fourth-order valence-electron chi connectivity index (χ4n) is 1.75. The van der Waals surface area contributed by atoms with Crippen molar-refractivity contribution >= 4 is 29.3 Å². The van der Waals surface area contributed by atoms with E-state index in [0.717, 1.165) is 11.3 Å². The number of anilines is 1. The number of rotatable bonds is 7. The number of carbonyl (C=O) groups excluding carboxylic acids is 2. The molecule has 0 heterocycles. The Morgan fingerprint density at radius 3 is 2.67 bits per heavy atom. The Hall–Kier alpha value is -1.53. The van der Waals surface area contributed by atoms with Gasteiger partial charge in [0.25, 0.3) is 0 Å². The Morgan fingerprint density at radius 1 is 1.38 bits per heavy atom. The minimum absolute atomic E-state index is 0.0206. The average molecular weight is 309 g/mol. The summed E-state index contributed by atoms with van der Waals surface area (Å²) in [5.74, 6) is 0.637. The highest BCUT2D eigenvalue weighted by molar-refractivity contribution is 7.98. The molecule has 6 heteroatoms. The predicted molar refractivity (Wildman–Crippen MR) is 88.2 cm³/mol. The van der Waals surface area contributed by atoms with Gasteiger partial charge >= 0.3 is 0 Å². The topological polar surface area (TPSA) is 75.4 Å². The Balaban J connectivity index is 2.74. The lowest BCUT2D eigenvalue weighted by atomic mass is 10.1. The minimum atomic E-state index is -0.518. The van der Waals surface area contributed by atoms with Gasteiger partial charge in [0.15, 0.2) is 0 Å². The second kappa shape index (κ2) is 8.69. The number of thioether (sulfide) groups is 1. The number of benzene rings is 1. The highest BCUT2D eigenvalue weighted by Crippen LogP contribution is 2.17. The van der Waals surface area contributed by atoms with Crippen LogP contribution in [-0.4, -0.2) is 41.8 Å². The van der Waals surface area contributed by atoms with E-state index < -0.39 is 6.04 Å². The van der Waals surface area contributed by atoms with Gasteiger partial charge in [0.05, 0.1) is 6.04 Å². The third-order valence-corrected chi connectivity index (χ3v) is 3.83. The third-order valence-electron chi connectivity index (χ3n) is 3.19. The Labute approximate surface area is 130 Å². The van der Waals surface area contributed by atoms with Crippen molar-refractivity contribution in [1.29, 1.82) is 0 Å². The molecule has 0 fully saturated rings. The van der Waals surface area contributed by atoms with E-state index in [4.69, 9.17) is 5.73 Å². The van der Waals surface area contributed by atoms with Gasteiger partial charge in [-0.05, 0) is 30.1 Å². The van der Waals surface area contributed by atoms with E-state index in [1.807, 2.05) is 30.5 Å². The van der Waals surface area contributed by atoms with Gasteiger partial charge in [-0.1, -0.05) is 18.2 Å². The van der Waals surface area contributed by atoms with E-state index >= 15 is 0 Å². The molecule has 0 radical (unpaired) electrons. The summed E-state index contributed by atoms with van der Waals surface area (Å²) in [5, 5.41) is 2.85. The summed E-state index contributed by atoms with van der Waals surface area (Å²) in [6.45, 7) is 1.96. The minimum Gasteiger partial charge on any atom is -0.342 e. The number of amides is 2. The van der Waals surface area contributed by atoms with Gasteiger partial charge in [0.2, 0.25) is 11.8 Å². The normalized spacial score (nSPS) is 11.8. The zero-order chi connectivity index (χ0) is 15.8. The van der Waals surface area contributed by atoms with Crippen LogP contribution in [0.1, 0.15) is 18.9 Å². The second-order valence-electron chi connectivity index (χ2n) is 4.91. The van der Waals surface area contributed by atoms with Crippen molar-refractivity contribution in [1.82, 2.24) is 4.90 Å². The molecule has 0 unspecified atom stereocenters. The molecule has 0 aliphatic carbocycles. The third kappa shape index (κ3) is 5.77. The SMILES string of the molecule is CSCC[C@H](N)C(=O)Nc1ccccc1CN(C)C(C)=O. The molecule has 0 saturated heterocycles. The van der Waals surface area contributed by atoms with Crippen molar-refractivity contribution in [2.75, 3.05) is 24.4 Å². The molecule has 1 aromatic rings. The van der Waals surface area contributed by atoms with Crippen LogP contribution >= 0.6 is 11.8 Å². The number of nitrogens with one attached hydrogen (secondary N) is 1. The van der Waals surface area contributed by atoms with E-state index in [2.05, 4.69) is 5.32 Å². The summed E-state index contributed by atoms with van der Waals surface area (Å²) in [7, 11) is 1.73. The number of hydrogen-bond donors (Lipinski definition) is 2. The van der Waals surface area contributed by atoms with Crippen molar-refractivity contribution in [2.45, 2.75) is 25.9 Å². The fourth-order valence-corrected chi connectivity index (χ4v) is 2.24. The molecule has 0 aliphatic heterocycles. The first-order valence-electron chi connectivity index (χ1n) is 6.80. The van der Waals surface area contributed by atoms with Crippen molar-refractivity contribution in [2.24, 2.45) is 5.73 Å². The van der Waals surface area contributed by atoms with Crippen molar-refractivity contribution < 1.29 is 9.59 Å². The lowest BCUT2D eigenvalue weighted by molar-refractivity contribution is -0.128. The van der Waals surface area contributed by atoms with Crippen LogP contribution in [-0.2, 0) is 16.1 Å². The Bertz CT molecular complexity index is 494. The van der Waals surface area contributed by atoms with Crippen LogP contribution in [0, 0.1) is 0 Å². The lowest BCUT2D eigenvalue weighted by Crippen LogP contribution is -2.36. The zero-order valence-corrected chi connectivity index (χ0v) is 13.6. The van der Waals surface area contributed by atoms with Crippen LogP contribution in [0.3, 0.4) is 0 Å². The Kier molecular flexibility index (Phi) is 7.25. The van der Waals surface area contributed by atoms with Crippen LogP contribution in [0.25, 0.3) is 0 Å². The molecule has 116 valence electrons. The maximum absolute atomic E-state index is 12.1. The maximum Gasteiger partial charge on any atom is 0.241 e. The molecule has 1 atom stereocenters. The molecule has 0 aliphatic rings. The molecule has 1 aromatic carbocycles. The summed E-state index contributed by atoms with van der Waals surface area (Å²) < 4.78 is 0. The van der Waals surface area contributed by atoms with Crippen molar-refractivity contribution in [3.63, 3.8) is 0 Å². The summed E-state index contributed by atoms with van der Waals surface area (Å²) in [5.41, 5.74) is 7.45. The summed E-state index contributed by atoms with van der Waals surface area (Å²) in [6, 6.07) is 6.92. The van der Waals surface area contributed by atoms with Gasteiger partial charge in [-0.25, -0.2) is 0 Å². The molecule has 3 N–H and O–H groups in total. The van der Waals surface area contributed by atoms with E-state index in [0.29, 0.717) is 18.7 Å². The van der Waals surface area contributed by atoms with Gasteiger partial charge in [0, 0.05) is 26.2 Å². The molecule has 0 saturated carbocycles. The quantitative estimate of drug-likeness (QED) is 0.803. The fraction of sp³-hybridized carbons (Fsp3) is 0.467. The number of carbonyl (C=O) groups is 2. The van der Waals surface area contributed by atoms with E-state index in [1.165, 1.54) is 6.92 Å². The van der Waals surface area contributed by atoms with Crippen LogP contribution in [0.4, 0.5) is 5.69 Å². The molecule has 2 amide bonds. The first kappa shape index (κ1) is 17.5. The van der Waals surface area contributed by atoms with Crippen molar-refractivity contribution in [3.05, 3.63) is 29.8 Å². The average Bonchev–Trinajstić information content (AvgIpc) is 2.46. The molecule has 0 aromatic heterocycles. The van der Waals surface area contributed by atoms with E-state index in [1.54, 1.807) is 23.7 Å². The number of para-hydroxylation sites is 1. The highest BCUT2D eigenvalue weighted by Gasteiger charge is 2.15. The molecule has 1 rings (SSSR count). The highest BCUT2D eigenvalue weighted by atomic mass is 32.2. The van der Waals surface area contributed by atoms with Crippen LogP contribution in [0.5, 0.6) is 0 Å². The van der Waals surface area contributed by atoms with Gasteiger partial charge in [-0.15, -0.1) is 0 Å². The van der Waals surface area contributed by atoms with Gasteiger partial charge in [-0.3, -0.25) is 9.59 Å². The molecule has 0 spiro atoms. The standard InChI is InChI=1S/C15H23N3O2S/c1-11(19)18(2)10-12-6-4-5-7-14(12)17-15(20)13(16)8-9-21-3/h4-7,13H,8-10,16H2,1-3H3,(H,17,20)/t13-/m0/s1. The first-order valence-corrected chi connectivity index (χ1v) is 8.20. The van der Waals surface area contributed by atoms with Crippen molar-refractivity contribution in [3.8, 4) is 0 Å². The molecular weight excluding hydrogens is 286 g/mol. The summed E-state index contributed by atoms with van der Waals surface area (Å²) in [6.07, 6.45) is 2.63. The van der Waals surface area contributed by atoms with Crippen LogP contribution < -0.4 is 11.1 Å². The van der Waals surface area contributed by atoms with Gasteiger partial charge in [-0.2, -0.15) is 11.8 Å². The lowest BCUT2D eigenvalue weighted by Gasteiger charge is -2.19. The summed E-state index contributed by atoms with van der Waals surface area (Å²) in [4.78, 5) is 25.0.